The van der Waals surface area contributed by atoms with Gasteiger partial charge in [0.15, 0.2) is 9.84 Å². The zero-order valence-corrected chi connectivity index (χ0v) is 10.6. The van der Waals surface area contributed by atoms with Gasteiger partial charge in [-0.15, -0.1) is 0 Å². The highest BCUT2D eigenvalue weighted by molar-refractivity contribution is 7.94. The molecule has 96 valence electrons. The van der Waals surface area contributed by atoms with E-state index in [1.165, 1.54) is 11.5 Å². The molecular weight excluding hydrogens is 254 g/mol. The Kier molecular flexibility index (Phi) is 3.13. The molecule has 0 saturated carbocycles. The van der Waals surface area contributed by atoms with Crippen LogP contribution in [-0.2, 0) is 9.84 Å². The molecule has 0 aromatic heterocycles. The highest BCUT2D eigenvalue weighted by Crippen LogP contribution is 2.18. The van der Waals surface area contributed by atoms with Crippen LogP contribution in [0, 0.1) is 6.92 Å². The number of nitrogens with one attached hydrogen (secondary N) is 1. The fourth-order valence-corrected chi connectivity index (χ4v) is 3.11. The molecular formula is C12H13NO4S. The highest BCUT2D eigenvalue weighted by atomic mass is 32.2. The summed E-state index contributed by atoms with van der Waals surface area (Å²) in [4.78, 5) is 10.9. The SMILES string of the molecule is Cc1cc(NC2C=CS(=O)(=O)C2)ccc1C(=O)O. The van der Waals surface area contributed by atoms with Crippen molar-refractivity contribution in [1.29, 1.82) is 0 Å². The van der Waals surface area contributed by atoms with E-state index in [1.807, 2.05) is 0 Å². The molecule has 1 aliphatic heterocycles. The molecule has 2 rings (SSSR count). The van der Waals surface area contributed by atoms with Gasteiger partial charge in [0.05, 0.1) is 17.4 Å². The Morgan fingerprint density at radius 2 is 2.17 bits per heavy atom. The molecule has 0 saturated heterocycles. The van der Waals surface area contributed by atoms with Crippen molar-refractivity contribution in [2.75, 3.05) is 11.1 Å². The van der Waals surface area contributed by atoms with Crippen molar-refractivity contribution in [3.63, 3.8) is 0 Å². The Hall–Kier alpha value is -1.82. The Morgan fingerprint density at radius 1 is 1.44 bits per heavy atom. The van der Waals surface area contributed by atoms with Crippen molar-refractivity contribution in [3.05, 3.63) is 40.8 Å². The minimum Gasteiger partial charge on any atom is -0.478 e. The molecule has 1 atom stereocenters. The number of carboxylic acids is 1. The van der Waals surface area contributed by atoms with Gasteiger partial charge in [0.25, 0.3) is 0 Å². The van der Waals surface area contributed by atoms with Crippen LogP contribution in [0.2, 0.25) is 0 Å². The first-order valence-corrected chi connectivity index (χ1v) is 7.10. The summed E-state index contributed by atoms with van der Waals surface area (Å²) in [5, 5.41) is 13.1. The summed E-state index contributed by atoms with van der Waals surface area (Å²) in [7, 11) is -3.08. The summed E-state index contributed by atoms with van der Waals surface area (Å²) in [6, 6.07) is 4.58. The smallest absolute Gasteiger partial charge is 0.335 e. The molecule has 1 aromatic rings. The molecule has 0 spiro atoms. The van der Waals surface area contributed by atoms with E-state index in [0.29, 0.717) is 11.3 Å². The summed E-state index contributed by atoms with van der Waals surface area (Å²) < 4.78 is 22.5. The molecule has 0 bridgehead atoms. The first-order valence-electron chi connectivity index (χ1n) is 5.39. The lowest BCUT2D eigenvalue weighted by molar-refractivity contribution is 0.0696. The van der Waals surface area contributed by atoms with E-state index in [9.17, 15) is 13.2 Å². The van der Waals surface area contributed by atoms with Crippen LogP contribution in [0.3, 0.4) is 0 Å². The molecule has 0 aliphatic carbocycles. The third-order valence-corrected chi connectivity index (χ3v) is 4.13. The molecule has 1 aliphatic rings. The first kappa shape index (κ1) is 12.6. The maximum absolute atomic E-state index is 11.2. The second-order valence-corrected chi connectivity index (χ2v) is 6.17. The van der Waals surface area contributed by atoms with E-state index in [0.717, 1.165) is 0 Å². The van der Waals surface area contributed by atoms with Crippen molar-refractivity contribution in [2.45, 2.75) is 13.0 Å². The van der Waals surface area contributed by atoms with Crippen LogP contribution < -0.4 is 5.32 Å². The number of anilines is 1. The lowest BCUT2D eigenvalue weighted by Crippen LogP contribution is -2.21. The summed E-state index contributed by atoms with van der Waals surface area (Å²) in [6.07, 6.45) is 1.59. The van der Waals surface area contributed by atoms with Crippen LogP contribution in [0.5, 0.6) is 0 Å². The third kappa shape index (κ3) is 2.70. The molecule has 0 fully saturated rings. The van der Waals surface area contributed by atoms with Crippen molar-refractivity contribution in [1.82, 2.24) is 0 Å². The molecule has 18 heavy (non-hydrogen) atoms. The van der Waals surface area contributed by atoms with Crippen molar-refractivity contribution in [2.24, 2.45) is 0 Å². The van der Waals surface area contributed by atoms with Gasteiger partial charge in [-0.2, -0.15) is 0 Å². The van der Waals surface area contributed by atoms with Crippen molar-refractivity contribution >= 4 is 21.5 Å². The maximum atomic E-state index is 11.2. The molecule has 5 nitrogen and oxygen atoms in total. The van der Waals surface area contributed by atoms with E-state index in [2.05, 4.69) is 5.32 Å². The number of sulfone groups is 1. The van der Waals surface area contributed by atoms with Crippen molar-refractivity contribution in [3.8, 4) is 0 Å². The van der Waals surface area contributed by atoms with Gasteiger partial charge >= 0.3 is 5.97 Å². The van der Waals surface area contributed by atoms with Crippen LogP contribution in [0.4, 0.5) is 5.69 Å². The second-order valence-electron chi connectivity index (χ2n) is 4.24. The number of hydrogen-bond donors (Lipinski definition) is 2. The van der Waals surface area contributed by atoms with E-state index in [1.54, 1.807) is 25.1 Å². The Balaban J connectivity index is 2.15. The molecule has 2 N–H and O–H groups in total. The number of aryl methyl sites for hydroxylation is 1. The average Bonchev–Trinajstić information content (AvgIpc) is 2.57. The van der Waals surface area contributed by atoms with Crippen LogP contribution in [0.15, 0.2) is 29.7 Å². The number of aromatic carboxylic acids is 1. The molecule has 6 heteroatoms. The largest absolute Gasteiger partial charge is 0.478 e. The topological polar surface area (TPSA) is 83.5 Å². The van der Waals surface area contributed by atoms with Crippen LogP contribution >= 0.6 is 0 Å². The minimum atomic E-state index is -3.08. The molecule has 1 heterocycles. The van der Waals surface area contributed by atoms with Crippen LogP contribution in [0.1, 0.15) is 15.9 Å². The second kappa shape index (κ2) is 4.45. The number of hydrogen-bond acceptors (Lipinski definition) is 4. The van der Waals surface area contributed by atoms with Gasteiger partial charge in [0.2, 0.25) is 0 Å². The lowest BCUT2D eigenvalue weighted by Gasteiger charge is -2.12. The molecule has 0 amide bonds. The fourth-order valence-electron chi connectivity index (χ4n) is 1.87. The normalized spacial score (nSPS) is 20.8. The van der Waals surface area contributed by atoms with Gasteiger partial charge in [-0.25, -0.2) is 13.2 Å². The summed E-state index contributed by atoms with van der Waals surface area (Å²) in [6.45, 7) is 1.70. The number of benzene rings is 1. The van der Waals surface area contributed by atoms with Crippen molar-refractivity contribution < 1.29 is 18.3 Å². The van der Waals surface area contributed by atoms with Crippen LogP contribution in [-0.4, -0.2) is 31.3 Å². The van der Waals surface area contributed by atoms with Gasteiger partial charge in [0, 0.05) is 11.1 Å². The predicted octanol–water partition coefficient (Wildman–Crippen LogP) is 1.42. The zero-order chi connectivity index (χ0) is 13.3. The summed E-state index contributed by atoms with van der Waals surface area (Å²) >= 11 is 0. The number of carboxylic acid groups (broad SMARTS) is 1. The predicted molar refractivity (Wildman–Crippen MR) is 68.5 cm³/mol. The fraction of sp³-hybridized carbons (Fsp3) is 0.250. The monoisotopic (exact) mass is 267 g/mol. The van der Waals surface area contributed by atoms with E-state index in [4.69, 9.17) is 5.11 Å². The number of rotatable bonds is 3. The van der Waals surface area contributed by atoms with Gasteiger partial charge in [0.1, 0.15) is 0 Å². The summed E-state index contributed by atoms with van der Waals surface area (Å²) in [5.41, 5.74) is 1.59. The third-order valence-electron chi connectivity index (χ3n) is 2.74. The number of carbonyl (C=O) groups is 1. The average molecular weight is 267 g/mol. The Labute approximate surface area is 105 Å². The Morgan fingerprint density at radius 3 is 2.67 bits per heavy atom. The van der Waals surface area contributed by atoms with Crippen LogP contribution in [0.25, 0.3) is 0 Å². The quantitative estimate of drug-likeness (QED) is 0.865. The minimum absolute atomic E-state index is 0.0345. The van der Waals surface area contributed by atoms with Gasteiger partial charge in [-0.1, -0.05) is 6.08 Å². The summed E-state index contributed by atoms with van der Waals surface area (Å²) in [5.74, 6) is -0.936. The molecule has 0 radical (unpaired) electrons. The van der Waals surface area contributed by atoms with E-state index < -0.39 is 15.8 Å². The van der Waals surface area contributed by atoms with E-state index in [-0.39, 0.29) is 17.4 Å². The Bertz CT molecular complexity index is 619. The maximum Gasteiger partial charge on any atom is 0.335 e. The van der Waals surface area contributed by atoms with Gasteiger partial charge in [-0.05, 0) is 30.7 Å². The highest BCUT2D eigenvalue weighted by Gasteiger charge is 2.21. The first-order chi connectivity index (χ1) is 8.37. The lowest BCUT2D eigenvalue weighted by atomic mass is 10.1. The standard InChI is InChI=1S/C12H13NO4S/c1-8-6-9(2-3-11(8)12(14)15)13-10-4-5-18(16,17)7-10/h2-6,10,13H,7H2,1H3,(H,14,15). The molecule has 1 aromatic carbocycles. The van der Waals surface area contributed by atoms with Gasteiger partial charge < -0.3 is 10.4 Å². The van der Waals surface area contributed by atoms with E-state index >= 15 is 0 Å². The van der Waals surface area contributed by atoms with Gasteiger partial charge in [-0.3, -0.25) is 0 Å². The molecule has 1 unspecified atom stereocenters. The zero-order valence-electron chi connectivity index (χ0n) is 9.75.